The molecule has 6 heteroatoms. The minimum Gasteiger partial charge on any atom is -0.469 e. The SMILES string of the molecule is COC(=O)CCC[Si](OC)(OC)OC. The van der Waals surface area contributed by atoms with E-state index < -0.39 is 8.80 Å². The first-order valence-corrected chi connectivity index (χ1v) is 6.29. The van der Waals surface area contributed by atoms with Gasteiger partial charge in [0.25, 0.3) is 0 Å². The zero-order valence-corrected chi connectivity index (χ0v) is 10.2. The molecule has 0 bridgehead atoms. The predicted octanol–water partition coefficient (Wildman–Crippen LogP) is 0.818. The van der Waals surface area contributed by atoms with Gasteiger partial charge >= 0.3 is 14.8 Å². The molecule has 84 valence electrons. The summed E-state index contributed by atoms with van der Waals surface area (Å²) < 4.78 is 20.1. The van der Waals surface area contributed by atoms with Gasteiger partial charge in [-0.05, 0) is 6.42 Å². The summed E-state index contributed by atoms with van der Waals surface area (Å²) in [7, 11) is 3.53. The molecule has 0 aliphatic rings. The third-order valence-electron chi connectivity index (χ3n) is 2.02. The van der Waals surface area contributed by atoms with Crippen LogP contribution in [0.3, 0.4) is 0 Å². The third kappa shape index (κ3) is 4.19. The Morgan fingerprint density at radius 2 is 1.57 bits per heavy atom. The lowest BCUT2D eigenvalue weighted by Gasteiger charge is -2.23. The maximum atomic E-state index is 10.8. The molecule has 0 aromatic carbocycles. The number of rotatable bonds is 7. The van der Waals surface area contributed by atoms with Gasteiger partial charge in [-0.3, -0.25) is 4.79 Å². The van der Waals surface area contributed by atoms with E-state index in [9.17, 15) is 4.79 Å². The van der Waals surface area contributed by atoms with Gasteiger partial charge in [0.15, 0.2) is 0 Å². The molecule has 0 fully saturated rings. The van der Waals surface area contributed by atoms with Crippen LogP contribution in [0.4, 0.5) is 0 Å². The molecule has 0 heterocycles. The molecule has 0 amide bonds. The zero-order chi connectivity index (χ0) is 11.0. The van der Waals surface area contributed by atoms with E-state index in [-0.39, 0.29) is 5.97 Å². The van der Waals surface area contributed by atoms with E-state index in [1.54, 1.807) is 21.3 Å². The van der Waals surface area contributed by atoms with Crippen molar-refractivity contribution >= 4 is 14.8 Å². The molecule has 0 saturated heterocycles. The van der Waals surface area contributed by atoms with E-state index in [1.807, 2.05) is 0 Å². The molecule has 0 aromatic heterocycles. The highest BCUT2D eigenvalue weighted by molar-refractivity contribution is 6.60. The molecule has 0 N–H and O–H groups in total. The van der Waals surface area contributed by atoms with Crippen molar-refractivity contribution in [2.45, 2.75) is 18.9 Å². The molecule has 14 heavy (non-hydrogen) atoms. The lowest BCUT2D eigenvalue weighted by atomic mass is 10.3. The van der Waals surface area contributed by atoms with Crippen LogP contribution < -0.4 is 0 Å². The number of hydrogen-bond donors (Lipinski definition) is 0. The van der Waals surface area contributed by atoms with Gasteiger partial charge in [-0.1, -0.05) is 0 Å². The van der Waals surface area contributed by atoms with Crippen LogP contribution in [0.5, 0.6) is 0 Å². The average molecular weight is 222 g/mol. The lowest BCUT2D eigenvalue weighted by Crippen LogP contribution is -2.42. The number of ether oxygens (including phenoxy) is 1. The van der Waals surface area contributed by atoms with Gasteiger partial charge in [0.1, 0.15) is 0 Å². The summed E-state index contributed by atoms with van der Waals surface area (Å²) in [5, 5.41) is 0. The number of esters is 1. The fourth-order valence-electron chi connectivity index (χ4n) is 1.11. The summed E-state index contributed by atoms with van der Waals surface area (Å²) in [5.41, 5.74) is 0. The van der Waals surface area contributed by atoms with E-state index in [0.717, 1.165) is 0 Å². The highest BCUT2D eigenvalue weighted by Gasteiger charge is 2.37. The Labute approximate surface area is 85.7 Å². The van der Waals surface area contributed by atoms with Crippen LogP contribution in [-0.2, 0) is 22.8 Å². The second-order valence-corrected chi connectivity index (χ2v) is 5.82. The summed E-state index contributed by atoms with van der Waals surface area (Å²) in [6, 6.07) is 0.617. The van der Waals surface area contributed by atoms with Gasteiger partial charge in [-0.2, -0.15) is 0 Å². The summed E-state index contributed by atoms with van der Waals surface area (Å²) in [5.74, 6) is -0.226. The Kier molecular flexibility index (Phi) is 6.72. The van der Waals surface area contributed by atoms with Crippen molar-refractivity contribution in [2.24, 2.45) is 0 Å². The zero-order valence-electron chi connectivity index (χ0n) is 9.16. The molecule has 0 aromatic rings. The second kappa shape index (κ2) is 6.94. The van der Waals surface area contributed by atoms with E-state index in [2.05, 4.69) is 4.74 Å². The second-order valence-electron chi connectivity index (χ2n) is 2.73. The molecular weight excluding hydrogens is 204 g/mol. The smallest absolute Gasteiger partial charge is 0.469 e. The normalized spacial score (nSPS) is 11.4. The van der Waals surface area contributed by atoms with Crippen LogP contribution in [0.2, 0.25) is 6.04 Å². The standard InChI is InChI=1S/C8H18O5Si/c1-10-8(9)6-5-7-14(11-2,12-3)13-4/h5-7H2,1-4H3. The fraction of sp³-hybridized carbons (Fsp3) is 0.875. The first-order valence-electron chi connectivity index (χ1n) is 4.36. The Balaban J connectivity index is 3.88. The van der Waals surface area contributed by atoms with Crippen LogP contribution in [0.15, 0.2) is 0 Å². The summed E-state index contributed by atoms with van der Waals surface area (Å²) in [6.45, 7) is 0. The molecule has 0 atom stereocenters. The molecule has 0 aliphatic carbocycles. The quantitative estimate of drug-likeness (QED) is 0.471. The van der Waals surface area contributed by atoms with Gasteiger partial charge in [-0.25, -0.2) is 0 Å². The molecule has 0 rings (SSSR count). The van der Waals surface area contributed by atoms with Gasteiger partial charge in [-0.15, -0.1) is 0 Å². The first kappa shape index (κ1) is 13.6. The maximum absolute atomic E-state index is 10.8. The Morgan fingerprint density at radius 1 is 1.07 bits per heavy atom. The van der Waals surface area contributed by atoms with Crippen molar-refractivity contribution in [2.75, 3.05) is 28.4 Å². The number of hydrogen-bond acceptors (Lipinski definition) is 5. The summed E-state index contributed by atoms with van der Waals surface area (Å²) in [6.07, 6.45) is 1.01. The average Bonchev–Trinajstić information content (AvgIpc) is 2.25. The first-order chi connectivity index (χ1) is 6.64. The molecule has 0 radical (unpaired) electrons. The van der Waals surface area contributed by atoms with Gasteiger partial charge in [0, 0.05) is 33.8 Å². The largest absolute Gasteiger partial charge is 0.500 e. The number of methoxy groups -OCH3 is 1. The Bertz CT molecular complexity index is 161. The molecule has 0 unspecified atom stereocenters. The molecule has 0 saturated carbocycles. The van der Waals surface area contributed by atoms with E-state index in [4.69, 9.17) is 13.3 Å². The highest BCUT2D eigenvalue weighted by atomic mass is 28.4. The Morgan fingerprint density at radius 3 is 1.93 bits per heavy atom. The van der Waals surface area contributed by atoms with Crippen LogP contribution in [0.25, 0.3) is 0 Å². The number of carbonyl (C=O) groups excluding carboxylic acids is 1. The molecule has 0 aliphatic heterocycles. The van der Waals surface area contributed by atoms with E-state index >= 15 is 0 Å². The number of carbonyl (C=O) groups is 1. The van der Waals surface area contributed by atoms with Crippen LogP contribution in [0, 0.1) is 0 Å². The monoisotopic (exact) mass is 222 g/mol. The van der Waals surface area contributed by atoms with Crippen LogP contribution in [0.1, 0.15) is 12.8 Å². The summed E-state index contributed by atoms with van der Waals surface area (Å²) in [4.78, 5) is 10.8. The minimum atomic E-state index is -2.50. The summed E-state index contributed by atoms with van der Waals surface area (Å²) >= 11 is 0. The van der Waals surface area contributed by atoms with E-state index in [1.165, 1.54) is 7.11 Å². The third-order valence-corrected chi connectivity index (χ3v) is 4.86. The fourth-order valence-corrected chi connectivity index (χ4v) is 2.83. The highest BCUT2D eigenvalue weighted by Crippen LogP contribution is 2.16. The van der Waals surface area contributed by atoms with Crippen molar-refractivity contribution in [1.29, 1.82) is 0 Å². The van der Waals surface area contributed by atoms with Gasteiger partial charge in [0.2, 0.25) is 0 Å². The topological polar surface area (TPSA) is 54.0 Å². The molecule has 5 nitrogen and oxygen atoms in total. The van der Waals surface area contributed by atoms with Crippen molar-refractivity contribution in [1.82, 2.24) is 0 Å². The van der Waals surface area contributed by atoms with Crippen LogP contribution in [-0.4, -0.2) is 43.2 Å². The van der Waals surface area contributed by atoms with Crippen molar-refractivity contribution in [3.8, 4) is 0 Å². The van der Waals surface area contributed by atoms with E-state index in [0.29, 0.717) is 18.9 Å². The van der Waals surface area contributed by atoms with Crippen molar-refractivity contribution in [3.05, 3.63) is 0 Å². The molecule has 0 spiro atoms. The maximum Gasteiger partial charge on any atom is 0.500 e. The molecular formula is C8H18O5Si. The predicted molar refractivity (Wildman–Crippen MR) is 52.8 cm³/mol. The van der Waals surface area contributed by atoms with Crippen molar-refractivity contribution < 1.29 is 22.8 Å². The van der Waals surface area contributed by atoms with Crippen LogP contribution >= 0.6 is 0 Å². The Hall–Kier alpha value is -0.433. The minimum absolute atomic E-state index is 0.226. The lowest BCUT2D eigenvalue weighted by molar-refractivity contribution is -0.140. The van der Waals surface area contributed by atoms with Gasteiger partial charge < -0.3 is 18.0 Å². The van der Waals surface area contributed by atoms with Gasteiger partial charge in [0.05, 0.1) is 7.11 Å². The van der Waals surface area contributed by atoms with Crippen molar-refractivity contribution in [3.63, 3.8) is 0 Å².